The summed E-state index contributed by atoms with van der Waals surface area (Å²) >= 11 is 1.76. The lowest BCUT2D eigenvalue weighted by molar-refractivity contribution is -0.141. The molecule has 5 nitrogen and oxygen atoms in total. The maximum absolute atomic E-state index is 11.8. The molecule has 1 saturated heterocycles. The third-order valence-electron chi connectivity index (χ3n) is 3.03. The van der Waals surface area contributed by atoms with Crippen LogP contribution in [-0.2, 0) is 4.79 Å². The Hall–Kier alpha value is -0.910. The average molecular weight is 260 g/mol. The molecule has 0 spiro atoms. The quantitative estimate of drug-likeness (QED) is 0.783. The van der Waals surface area contributed by atoms with Gasteiger partial charge < -0.3 is 15.3 Å². The summed E-state index contributed by atoms with van der Waals surface area (Å²) < 4.78 is 0. The molecule has 1 rings (SSSR count). The first-order valence-electron chi connectivity index (χ1n) is 5.86. The second kappa shape index (κ2) is 6.74. The number of amides is 2. The minimum Gasteiger partial charge on any atom is -0.480 e. The van der Waals surface area contributed by atoms with Crippen molar-refractivity contribution in [3.63, 3.8) is 0 Å². The maximum atomic E-state index is 11.8. The normalized spacial score (nSPS) is 21.3. The van der Waals surface area contributed by atoms with E-state index in [4.69, 9.17) is 5.11 Å². The molecule has 0 aromatic heterocycles. The number of urea groups is 1. The van der Waals surface area contributed by atoms with E-state index in [2.05, 4.69) is 12.2 Å². The van der Waals surface area contributed by atoms with Gasteiger partial charge >= 0.3 is 12.0 Å². The Kier molecular flexibility index (Phi) is 5.61. The fourth-order valence-electron chi connectivity index (χ4n) is 1.87. The molecule has 0 saturated carbocycles. The number of carbonyl (C=O) groups excluding carboxylic acids is 1. The molecule has 0 aromatic rings. The number of aliphatic carboxylic acids is 1. The first kappa shape index (κ1) is 14.2. The summed E-state index contributed by atoms with van der Waals surface area (Å²) in [6.07, 6.45) is 4.27. The van der Waals surface area contributed by atoms with E-state index in [-0.39, 0.29) is 6.03 Å². The predicted octanol–water partition coefficient (Wildman–Crippen LogP) is 1.39. The number of carboxylic acid groups (broad SMARTS) is 1. The van der Waals surface area contributed by atoms with Crippen LogP contribution in [0.25, 0.3) is 0 Å². The Morgan fingerprint density at radius 2 is 2.29 bits per heavy atom. The molecule has 0 aromatic carbocycles. The van der Waals surface area contributed by atoms with Gasteiger partial charge in [0.15, 0.2) is 0 Å². The van der Waals surface area contributed by atoms with Crippen LogP contribution in [0.15, 0.2) is 0 Å². The van der Waals surface area contributed by atoms with Gasteiger partial charge in [0.2, 0.25) is 0 Å². The van der Waals surface area contributed by atoms with Crippen molar-refractivity contribution in [2.45, 2.75) is 37.5 Å². The van der Waals surface area contributed by atoms with Gasteiger partial charge in [-0.3, -0.25) is 0 Å². The third kappa shape index (κ3) is 4.11. The summed E-state index contributed by atoms with van der Waals surface area (Å²) in [4.78, 5) is 24.1. The highest BCUT2D eigenvalue weighted by molar-refractivity contribution is 7.99. The number of likely N-dealkylation sites (tertiary alicyclic amines) is 1. The van der Waals surface area contributed by atoms with E-state index in [1.54, 1.807) is 11.8 Å². The van der Waals surface area contributed by atoms with E-state index in [1.807, 2.05) is 6.26 Å². The lowest BCUT2D eigenvalue weighted by Gasteiger charge is -2.22. The summed E-state index contributed by atoms with van der Waals surface area (Å²) in [5, 5.41) is 12.2. The number of nitrogens with zero attached hydrogens (tertiary/aromatic N) is 1. The summed E-state index contributed by atoms with van der Waals surface area (Å²) in [7, 11) is 0. The Morgan fingerprint density at radius 1 is 1.59 bits per heavy atom. The number of hydrogen-bond acceptors (Lipinski definition) is 3. The van der Waals surface area contributed by atoms with Crippen LogP contribution in [0.3, 0.4) is 0 Å². The molecule has 6 heteroatoms. The lowest BCUT2D eigenvalue weighted by atomic mass is 10.2. The lowest BCUT2D eigenvalue weighted by Crippen LogP contribution is -2.46. The number of carboxylic acids is 1. The summed E-state index contributed by atoms with van der Waals surface area (Å²) in [6.45, 7) is 3.25. The first-order valence-corrected chi connectivity index (χ1v) is 7.15. The Bertz CT molecular complexity index is 286. The zero-order chi connectivity index (χ0) is 12.8. The minimum atomic E-state index is -0.907. The highest BCUT2D eigenvalue weighted by atomic mass is 32.2. The van der Waals surface area contributed by atoms with E-state index in [0.717, 1.165) is 12.8 Å². The average Bonchev–Trinajstić information content (AvgIpc) is 2.77. The van der Waals surface area contributed by atoms with E-state index < -0.39 is 12.0 Å². The van der Waals surface area contributed by atoms with E-state index in [9.17, 15) is 9.59 Å². The molecule has 1 fully saturated rings. The molecular formula is C11H20N2O3S. The molecule has 2 N–H and O–H groups in total. The highest BCUT2D eigenvalue weighted by Crippen LogP contribution is 2.17. The fraction of sp³-hybridized carbons (Fsp3) is 0.818. The SMILES string of the molecule is CSC(C)CCNC(=O)N1CCC[C@H]1C(=O)O. The predicted molar refractivity (Wildman–Crippen MR) is 68.4 cm³/mol. The molecule has 2 atom stereocenters. The molecule has 0 bridgehead atoms. The Balaban J connectivity index is 2.34. The van der Waals surface area contributed by atoms with Crippen LogP contribution in [0.4, 0.5) is 4.79 Å². The van der Waals surface area contributed by atoms with E-state index in [1.165, 1.54) is 4.90 Å². The van der Waals surface area contributed by atoms with E-state index in [0.29, 0.717) is 24.8 Å². The molecule has 1 heterocycles. The van der Waals surface area contributed by atoms with Crippen molar-refractivity contribution in [2.24, 2.45) is 0 Å². The molecule has 1 aliphatic rings. The van der Waals surface area contributed by atoms with Gasteiger partial charge in [0.05, 0.1) is 0 Å². The monoisotopic (exact) mass is 260 g/mol. The van der Waals surface area contributed by atoms with Crippen molar-refractivity contribution in [1.29, 1.82) is 0 Å². The van der Waals surface area contributed by atoms with Gasteiger partial charge in [-0.2, -0.15) is 11.8 Å². The summed E-state index contributed by atoms with van der Waals surface area (Å²) in [5.41, 5.74) is 0. The third-order valence-corrected chi connectivity index (χ3v) is 4.07. The van der Waals surface area contributed by atoms with Crippen molar-refractivity contribution in [1.82, 2.24) is 10.2 Å². The number of hydrogen-bond donors (Lipinski definition) is 2. The van der Waals surface area contributed by atoms with Crippen molar-refractivity contribution >= 4 is 23.8 Å². The van der Waals surface area contributed by atoms with Gasteiger partial charge in [0.1, 0.15) is 6.04 Å². The molecule has 1 aliphatic heterocycles. The molecule has 1 unspecified atom stereocenters. The number of thioether (sulfide) groups is 1. The molecule has 98 valence electrons. The zero-order valence-corrected chi connectivity index (χ0v) is 11.1. The summed E-state index contributed by atoms with van der Waals surface area (Å²) in [5.74, 6) is -0.907. The number of nitrogens with one attached hydrogen (secondary N) is 1. The van der Waals surface area contributed by atoms with Gasteiger partial charge in [0.25, 0.3) is 0 Å². The van der Waals surface area contributed by atoms with Crippen LogP contribution >= 0.6 is 11.8 Å². The van der Waals surface area contributed by atoms with Gasteiger partial charge in [0, 0.05) is 18.3 Å². The first-order chi connectivity index (χ1) is 8.06. The number of rotatable bonds is 5. The molecule has 2 amide bonds. The van der Waals surface area contributed by atoms with Gasteiger partial charge in [-0.05, 0) is 25.5 Å². The molecule has 17 heavy (non-hydrogen) atoms. The second-order valence-corrected chi connectivity index (χ2v) is 5.53. The van der Waals surface area contributed by atoms with Crippen LogP contribution in [0.2, 0.25) is 0 Å². The van der Waals surface area contributed by atoms with Gasteiger partial charge in [-0.25, -0.2) is 9.59 Å². The minimum absolute atomic E-state index is 0.247. The van der Waals surface area contributed by atoms with E-state index >= 15 is 0 Å². The van der Waals surface area contributed by atoms with Gasteiger partial charge in [-0.15, -0.1) is 0 Å². The molecule has 0 radical (unpaired) electrons. The fourth-order valence-corrected chi connectivity index (χ4v) is 2.22. The van der Waals surface area contributed by atoms with Crippen LogP contribution < -0.4 is 5.32 Å². The standard InChI is InChI=1S/C11H20N2O3S/c1-8(17-2)5-6-12-11(16)13-7-3-4-9(13)10(14)15/h8-9H,3-7H2,1-2H3,(H,12,16)(H,14,15)/t8?,9-/m0/s1. The Morgan fingerprint density at radius 3 is 2.88 bits per heavy atom. The van der Waals surface area contributed by atoms with Crippen LogP contribution in [-0.4, -0.2) is 52.6 Å². The topological polar surface area (TPSA) is 69.6 Å². The van der Waals surface area contributed by atoms with Crippen LogP contribution in [0, 0.1) is 0 Å². The second-order valence-electron chi connectivity index (χ2n) is 4.26. The smallest absolute Gasteiger partial charge is 0.326 e. The molecular weight excluding hydrogens is 240 g/mol. The van der Waals surface area contributed by atoms with Crippen LogP contribution in [0.1, 0.15) is 26.2 Å². The van der Waals surface area contributed by atoms with Crippen molar-refractivity contribution in [3.8, 4) is 0 Å². The van der Waals surface area contributed by atoms with Crippen LogP contribution in [0.5, 0.6) is 0 Å². The molecule has 0 aliphatic carbocycles. The zero-order valence-electron chi connectivity index (χ0n) is 10.3. The Labute approximate surface area is 106 Å². The van der Waals surface area contributed by atoms with Gasteiger partial charge in [-0.1, -0.05) is 6.92 Å². The largest absolute Gasteiger partial charge is 0.480 e. The highest BCUT2D eigenvalue weighted by Gasteiger charge is 2.33. The summed E-state index contributed by atoms with van der Waals surface area (Å²) in [6, 6.07) is -0.892. The van der Waals surface area contributed by atoms with Crippen molar-refractivity contribution in [3.05, 3.63) is 0 Å². The maximum Gasteiger partial charge on any atom is 0.326 e. The van der Waals surface area contributed by atoms with Crippen molar-refractivity contribution < 1.29 is 14.7 Å². The van der Waals surface area contributed by atoms with Crippen molar-refractivity contribution in [2.75, 3.05) is 19.3 Å². The number of carbonyl (C=O) groups is 2.